The van der Waals surface area contributed by atoms with E-state index in [0.29, 0.717) is 11.6 Å². The molecule has 1 N–H and O–H groups in total. The zero-order chi connectivity index (χ0) is 14.1. The maximum Gasteiger partial charge on any atom is 0.269 e. The maximum absolute atomic E-state index is 10.1. The van der Waals surface area contributed by atoms with Crippen LogP contribution >= 0.6 is 11.3 Å². The lowest BCUT2D eigenvalue weighted by molar-refractivity contribution is 0.427. The van der Waals surface area contributed by atoms with E-state index < -0.39 is 0 Å². The lowest BCUT2D eigenvalue weighted by atomic mass is 10.1. The van der Waals surface area contributed by atoms with Crippen molar-refractivity contribution in [3.8, 4) is 5.75 Å². The van der Waals surface area contributed by atoms with Crippen molar-refractivity contribution in [1.29, 1.82) is 0 Å². The van der Waals surface area contributed by atoms with Gasteiger partial charge in [0.05, 0.1) is 10.9 Å². The molecule has 0 radical (unpaired) electrons. The molecule has 0 aliphatic heterocycles. The molecule has 0 aliphatic rings. The number of nitrogens with zero attached hydrogens (tertiary/aromatic N) is 3. The van der Waals surface area contributed by atoms with Gasteiger partial charge in [-0.15, -0.1) is 21.6 Å². The predicted octanol–water partition coefficient (Wildman–Crippen LogP) is 4.88. The zero-order valence-corrected chi connectivity index (χ0v) is 11.9. The molecule has 5 nitrogen and oxygen atoms in total. The quantitative estimate of drug-likeness (QED) is 0.698. The molecule has 3 aromatic rings. The minimum atomic E-state index is 0.291. The molecule has 2 aromatic heterocycles. The monoisotopic (exact) mass is 287 g/mol. The first-order valence-corrected chi connectivity index (χ1v) is 7.08. The number of aromatic nitrogens is 1. The summed E-state index contributed by atoms with van der Waals surface area (Å²) < 4.78 is 5.86. The topological polar surface area (TPSA) is 71.0 Å². The van der Waals surface area contributed by atoms with Crippen LogP contribution in [0.3, 0.4) is 0 Å². The number of azo groups is 1. The molecule has 2 heterocycles. The van der Waals surface area contributed by atoms with Crippen molar-refractivity contribution in [2.45, 2.75) is 20.3 Å². The average Bonchev–Trinajstić information content (AvgIpc) is 3.06. The van der Waals surface area contributed by atoms with E-state index in [0.717, 1.165) is 32.6 Å². The highest BCUT2D eigenvalue weighted by Crippen LogP contribution is 2.42. The second-order valence-corrected chi connectivity index (χ2v) is 5.66. The third-order valence-corrected chi connectivity index (χ3v) is 4.07. The standard InChI is InChI=1S/C14H13N3O2S/c1-3-9-7-11(18)10-6-8(2)20-14(10)13(9)17-16-12-4-5-15-19-12/h4-7,18H,3H2,1-2H3. The molecular weight excluding hydrogens is 274 g/mol. The first-order valence-electron chi connectivity index (χ1n) is 6.26. The van der Waals surface area contributed by atoms with Gasteiger partial charge in [-0.3, -0.25) is 0 Å². The molecule has 20 heavy (non-hydrogen) atoms. The number of phenolic OH excluding ortho intramolecular Hbond substituents is 1. The fourth-order valence-electron chi connectivity index (χ4n) is 2.08. The fraction of sp³-hybridized carbons (Fsp3) is 0.214. The highest BCUT2D eigenvalue weighted by molar-refractivity contribution is 7.19. The molecule has 1 aromatic carbocycles. The largest absolute Gasteiger partial charge is 0.507 e. The van der Waals surface area contributed by atoms with Crippen molar-refractivity contribution in [3.63, 3.8) is 0 Å². The van der Waals surface area contributed by atoms with Crippen LogP contribution in [-0.2, 0) is 6.42 Å². The van der Waals surface area contributed by atoms with Gasteiger partial charge in [0.1, 0.15) is 11.4 Å². The van der Waals surface area contributed by atoms with Crippen LogP contribution in [0, 0.1) is 6.92 Å². The molecule has 0 amide bonds. The Bertz CT molecular complexity index is 775. The minimum Gasteiger partial charge on any atom is -0.507 e. The van der Waals surface area contributed by atoms with E-state index in [1.54, 1.807) is 23.5 Å². The van der Waals surface area contributed by atoms with Gasteiger partial charge in [-0.1, -0.05) is 12.1 Å². The SMILES string of the molecule is CCc1cc(O)c2cc(C)sc2c1N=Nc1ccno1. The van der Waals surface area contributed by atoms with Crippen molar-refractivity contribution < 1.29 is 9.63 Å². The van der Waals surface area contributed by atoms with Crippen LogP contribution in [0.25, 0.3) is 10.1 Å². The summed E-state index contributed by atoms with van der Waals surface area (Å²) in [5, 5.41) is 22.8. The van der Waals surface area contributed by atoms with Crippen molar-refractivity contribution in [2.24, 2.45) is 10.2 Å². The maximum atomic E-state index is 10.1. The lowest BCUT2D eigenvalue weighted by Crippen LogP contribution is -1.82. The van der Waals surface area contributed by atoms with Crippen LogP contribution < -0.4 is 0 Å². The second-order valence-electron chi connectivity index (χ2n) is 4.41. The van der Waals surface area contributed by atoms with E-state index >= 15 is 0 Å². The number of hydrogen-bond acceptors (Lipinski definition) is 6. The van der Waals surface area contributed by atoms with E-state index in [4.69, 9.17) is 4.52 Å². The summed E-state index contributed by atoms with van der Waals surface area (Å²) >= 11 is 1.60. The third-order valence-electron chi connectivity index (χ3n) is 3.02. The van der Waals surface area contributed by atoms with Gasteiger partial charge < -0.3 is 9.63 Å². The molecule has 0 spiro atoms. The third kappa shape index (κ3) is 2.18. The number of fused-ring (bicyclic) bond motifs is 1. The molecular formula is C14H13N3O2S. The second kappa shape index (κ2) is 5.05. The molecule has 6 heteroatoms. The molecule has 102 valence electrons. The van der Waals surface area contributed by atoms with Gasteiger partial charge in [0.2, 0.25) is 0 Å². The highest BCUT2D eigenvalue weighted by atomic mass is 32.1. The number of phenols is 1. The summed E-state index contributed by atoms with van der Waals surface area (Å²) in [4.78, 5) is 1.12. The van der Waals surface area contributed by atoms with E-state index in [1.165, 1.54) is 6.20 Å². The van der Waals surface area contributed by atoms with Gasteiger partial charge in [0, 0.05) is 16.3 Å². The molecule has 0 unspecified atom stereocenters. The smallest absolute Gasteiger partial charge is 0.269 e. The van der Waals surface area contributed by atoms with Gasteiger partial charge in [0.25, 0.3) is 5.88 Å². The predicted molar refractivity (Wildman–Crippen MR) is 78.3 cm³/mol. The molecule has 0 saturated heterocycles. The first kappa shape index (κ1) is 12.8. The van der Waals surface area contributed by atoms with E-state index in [2.05, 4.69) is 15.4 Å². The number of rotatable bonds is 3. The summed E-state index contributed by atoms with van der Waals surface area (Å²) in [5.74, 6) is 0.654. The fourth-order valence-corrected chi connectivity index (χ4v) is 3.12. The number of benzene rings is 1. The van der Waals surface area contributed by atoms with Gasteiger partial charge in [-0.05, 0) is 31.0 Å². The summed E-state index contributed by atoms with van der Waals surface area (Å²) in [5.41, 5.74) is 1.75. The van der Waals surface area contributed by atoms with E-state index in [1.807, 2.05) is 19.9 Å². The number of aryl methyl sites for hydroxylation is 2. The van der Waals surface area contributed by atoms with Crippen molar-refractivity contribution in [3.05, 3.63) is 34.8 Å². The molecule has 0 atom stereocenters. The minimum absolute atomic E-state index is 0.291. The summed E-state index contributed by atoms with van der Waals surface area (Å²) in [7, 11) is 0. The Balaban J connectivity index is 2.19. The van der Waals surface area contributed by atoms with E-state index in [9.17, 15) is 5.11 Å². The molecule has 0 fully saturated rings. The van der Waals surface area contributed by atoms with Crippen LogP contribution in [0.2, 0.25) is 0 Å². The molecule has 0 aliphatic carbocycles. The molecule has 0 bridgehead atoms. The van der Waals surface area contributed by atoms with E-state index in [-0.39, 0.29) is 0 Å². The summed E-state index contributed by atoms with van der Waals surface area (Å²) in [6, 6.07) is 5.36. The van der Waals surface area contributed by atoms with Crippen molar-refractivity contribution in [1.82, 2.24) is 5.16 Å². The van der Waals surface area contributed by atoms with Crippen LogP contribution in [-0.4, -0.2) is 10.3 Å². The first-order chi connectivity index (χ1) is 9.69. The summed E-state index contributed by atoms with van der Waals surface area (Å²) in [6.07, 6.45) is 2.29. The Morgan fingerprint density at radius 3 is 2.90 bits per heavy atom. The number of thiophene rings is 1. The van der Waals surface area contributed by atoms with Crippen LogP contribution in [0.4, 0.5) is 11.6 Å². The Labute approximate surface area is 119 Å². The number of aromatic hydroxyl groups is 1. The van der Waals surface area contributed by atoms with Gasteiger partial charge in [0.15, 0.2) is 0 Å². The Hall–Kier alpha value is -2.21. The highest BCUT2D eigenvalue weighted by Gasteiger charge is 2.13. The number of hydrogen-bond donors (Lipinski definition) is 1. The average molecular weight is 287 g/mol. The van der Waals surface area contributed by atoms with Gasteiger partial charge in [-0.25, -0.2) is 0 Å². The van der Waals surface area contributed by atoms with Crippen molar-refractivity contribution in [2.75, 3.05) is 0 Å². The normalized spacial score (nSPS) is 11.7. The molecule has 3 rings (SSSR count). The molecule has 0 saturated carbocycles. The zero-order valence-electron chi connectivity index (χ0n) is 11.1. The Morgan fingerprint density at radius 2 is 2.20 bits per heavy atom. The Morgan fingerprint density at radius 1 is 1.35 bits per heavy atom. The van der Waals surface area contributed by atoms with Crippen LogP contribution in [0.1, 0.15) is 17.4 Å². The lowest BCUT2D eigenvalue weighted by Gasteiger charge is -2.05. The van der Waals surface area contributed by atoms with Crippen LogP contribution in [0.15, 0.2) is 39.1 Å². The summed E-state index contributed by atoms with van der Waals surface area (Å²) in [6.45, 7) is 4.03. The van der Waals surface area contributed by atoms with Crippen LogP contribution in [0.5, 0.6) is 5.75 Å². The van der Waals surface area contributed by atoms with Gasteiger partial charge in [-0.2, -0.15) is 0 Å². The van der Waals surface area contributed by atoms with Crippen molar-refractivity contribution >= 4 is 33.0 Å². The Kier molecular flexibility index (Phi) is 3.23. The van der Waals surface area contributed by atoms with Gasteiger partial charge >= 0.3 is 0 Å².